The molecular formula is C9H9NO2. The van der Waals surface area contributed by atoms with Crippen LogP contribution < -0.4 is 0 Å². The molecule has 0 fully saturated rings. The Kier molecular flexibility index (Phi) is 1.33. The van der Waals surface area contributed by atoms with Crippen LogP contribution in [0.4, 0.5) is 0 Å². The number of pyridine rings is 1. The zero-order chi connectivity index (χ0) is 9.42. The second-order valence-corrected chi connectivity index (χ2v) is 2.87. The average Bonchev–Trinajstić information content (AvgIpc) is 2.12. The van der Waals surface area contributed by atoms with Crippen LogP contribution in [-0.4, -0.2) is 17.6 Å². The second-order valence-electron chi connectivity index (χ2n) is 2.87. The molecule has 0 bridgehead atoms. The average molecular weight is 164 g/mol. The first-order valence-corrected chi connectivity index (χ1v) is 3.83. The van der Waals surface area contributed by atoms with Gasteiger partial charge in [0, 0.05) is 12.1 Å². The Morgan fingerprint density at radius 1 is 1.83 bits per heavy atom. The molecule has 62 valence electrons. The first kappa shape index (κ1) is 6.17. The molecule has 12 heavy (non-hydrogen) atoms. The number of nitrogens with zero attached hydrogens (tertiary/aromatic N) is 1. The van der Waals surface area contributed by atoms with Crippen molar-refractivity contribution in [3.8, 4) is 0 Å². The molecule has 2 heterocycles. The fourth-order valence-electron chi connectivity index (χ4n) is 1.28. The summed E-state index contributed by atoms with van der Waals surface area (Å²) >= 11 is 0. The van der Waals surface area contributed by atoms with E-state index >= 15 is 0 Å². The van der Waals surface area contributed by atoms with Crippen molar-refractivity contribution < 1.29 is 10.9 Å². The summed E-state index contributed by atoms with van der Waals surface area (Å²) in [4.78, 5) is 15.2. The Bertz CT molecular complexity index is 365. The molecule has 1 aliphatic rings. The number of carbonyl (C=O) groups excluding carboxylic acids is 1. The van der Waals surface area contributed by atoms with E-state index in [4.69, 9.17) is 6.11 Å². The van der Waals surface area contributed by atoms with Crippen molar-refractivity contribution in [2.75, 3.05) is 6.61 Å². The topological polar surface area (TPSA) is 39.2 Å². The zero-order valence-corrected chi connectivity index (χ0v) is 6.70. The first-order chi connectivity index (χ1) is 6.18. The minimum absolute atomic E-state index is 0.0954. The van der Waals surface area contributed by atoms with Gasteiger partial charge in [-0.1, -0.05) is 6.92 Å². The van der Waals surface area contributed by atoms with Crippen molar-refractivity contribution in [3.05, 3.63) is 29.6 Å². The normalized spacial score (nSPS) is 22.6. The van der Waals surface area contributed by atoms with Crippen molar-refractivity contribution in [1.29, 1.82) is 0 Å². The minimum atomic E-state index is -0.333. The van der Waals surface area contributed by atoms with Gasteiger partial charge in [0.25, 0.3) is 0 Å². The number of cyclic esters (lactones) is 1. The molecule has 2 rings (SSSR count). The molecule has 1 aliphatic heterocycles. The van der Waals surface area contributed by atoms with Gasteiger partial charge < -0.3 is 4.74 Å². The fraction of sp³-hybridized carbons (Fsp3) is 0.333. The van der Waals surface area contributed by atoms with E-state index in [1.807, 2.05) is 6.92 Å². The molecule has 0 saturated heterocycles. The lowest BCUT2D eigenvalue weighted by Crippen LogP contribution is -2.21. The standard InChI is InChI=1S/C9H9NO2/c1-6-5-12-9(11)7-3-2-4-10-8(6)7/h2-4,6H,5H2,1H3/t6-/m0/s1/i4D. The smallest absolute Gasteiger partial charge is 0.340 e. The van der Waals surface area contributed by atoms with Gasteiger partial charge in [-0.25, -0.2) is 4.79 Å². The van der Waals surface area contributed by atoms with Crippen LogP contribution in [0.15, 0.2) is 18.3 Å². The lowest BCUT2D eigenvalue weighted by Gasteiger charge is -2.19. The monoisotopic (exact) mass is 164 g/mol. The highest BCUT2D eigenvalue weighted by atomic mass is 16.5. The third kappa shape index (κ3) is 0.978. The third-order valence-corrected chi connectivity index (χ3v) is 1.94. The van der Waals surface area contributed by atoms with Crippen LogP contribution in [0.3, 0.4) is 0 Å². The fourth-order valence-corrected chi connectivity index (χ4v) is 1.28. The highest BCUT2D eigenvalue weighted by Gasteiger charge is 2.24. The van der Waals surface area contributed by atoms with Crippen LogP contribution in [0, 0.1) is 0 Å². The largest absolute Gasteiger partial charge is 0.461 e. The van der Waals surface area contributed by atoms with Crippen LogP contribution in [-0.2, 0) is 4.74 Å². The molecule has 0 aromatic carbocycles. The maximum Gasteiger partial charge on any atom is 0.340 e. The molecule has 0 radical (unpaired) electrons. The molecule has 1 atom stereocenters. The van der Waals surface area contributed by atoms with E-state index in [9.17, 15) is 4.79 Å². The van der Waals surface area contributed by atoms with E-state index in [-0.39, 0.29) is 18.1 Å². The Hall–Kier alpha value is -1.38. The lowest BCUT2D eigenvalue weighted by molar-refractivity contribution is 0.0444. The van der Waals surface area contributed by atoms with E-state index < -0.39 is 0 Å². The Labute approximate surface area is 71.8 Å². The molecule has 0 N–H and O–H groups in total. The molecule has 1 aromatic rings. The Morgan fingerprint density at radius 3 is 3.50 bits per heavy atom. The maximum absolute atomic E-state index is 11.2. The summed E-state index contributed by atoms with van der Waals surface area (Å²) < 4.78 is 12.2. The molecule has 3 nitrogen and oxygen atoms in total. The summed E-state index contributed by atoms with van der Waals surface area (Å²) in [6.45, 7) is 2.29. The summed E-state index contributed by atoms with van der Waals surface area (Å²) in [5, 5.41) is 0. The van der Waals surface area contributed by atoms with Gasteiger partial charge >= 0.3 is 5.97 Å². The summed E-state index contributed by atoms with van der Waals surface area (Å²) in [5.41, 5.74) is 1.18. The zero-order valence-electron chi connectivity index (χ0n) is 7.70. The second kappa shape index (κ2) is 2.59. The highest BCUT2D eigenvalue weighted by Crippen LogP contribution is 2.23. The molecule has 0 unspecified atom stereocenters. The van der Waals surface area contributed by atoms with Crippen LogP contribution in [0.5, 0.6) is 0 Å². The van der Waals surface area contributed by atoms with Gasteiger partial charge in [-0.2, -0.15) is 0 Å². The van der Waals surface area contributed by atoms with E-state index in [0.717, 1.165) is 0 Å². The quantitative estimate of drug-likeness (QED) is 0.543. The number of esters is 1. The van der Waals surface area contributed by atoms with Gasteiger partial charge in [-0.3, -0.25) is 4.98 Å². The number of aromatic nitrogens is 1. The van der Waals surface area contributed by atoms with Crippen LogP contribution >= 0.6 is 0 Å². The van der Waals surface area contributed by atoms with Crippen molar-refractivity contribution in [1.82, 2.24) is 4.98 Å². The number of carbonyl (C=O) groups is 1. The molecule has 0 saturated carbocycles. The predicted octanol–water partition coefficient (Wildman–Crippen LogP) is 1.36. The number of hydrogen-bond acceptors (Lipinski definition) is 3. The summed E-state index contributed by atoms with van der Waals surface area (Å²) in [7, 11) is 0. The van der Waals surface area contributed by atoms with E-state index in [1.54, 1.807) is 6.07 Å². The minimum Gasteiger partial charge on any atom is -0.461 e. The van der Waals surface area contributed by atoms with Gasteiger partial charge in [0.05, 0.1) is 19.2 Å². The van der Waals surface area contributed by atoms with Gasteiger partial charge in [0.1, 0.15) is 0 Å². The molecule has 0 amide bonds. The third-order valence-electron chi connectivity index (χ3n) is 1.94. The molecule has 0 aliphatic carbocycles. The predicted molar refractivity (Wildman–Crippen MR) is 42.9 cm³/mol. The van der Waals surface area contributed by atoms with E-state index in [0.29, 0.717) is 17.9 Å². The van der Waals surface area contributed by atoms with Crippen molar-refractivity contribution in [2.45, 2.75) is 12.8 Å². The van der Waals surface area contributed by atoms with Gasteiger partial charge in [0.15, 0.2) is 0 Å². The van der Waals surface area contributed by atoms with Gasteiger partial charge in [-0.05, 0) is 12.1 Å². The summed E-state index contributed by atoms with van der Waals surface area (Å²) in [5.74, 6) is -0.237. The maximum atomic E-state index is 11.2. The molecular weight excluding hydrogens is 154 g/mol. The SMILES string of the molecule is [2H]c1ccc2c(n1)[C@@H](C)COC2=O. The number of hydrogen-bond donors (Lipinski definition) is 0. The van der Waals surface area contributed by atoms with Gasteiger partial charge in [-0.15, -0.1) is 0 Å². The highest BCUT2D eigenvalue weighted by molar-refractivity contribution is 5.91. The number of fused-ring (bicyclic) bond motifs is 1. The Balaban J connectivity index is 2.57. The van der Waals surface area contributed by atoms with Gasteiger partial charge in [0.2, 0.25) is 0 Å². The number of ether oxygens (including phenoxy) is 1. The first-order valence-electron chi connectivity index (χ1n) is 4.33. The molecule has 3 heteroatoms. The van der Waals surface area contributed by atoms with Crippen LogP contribution in [0.2, 0.25) is 0 Å². The summed E-state index contributed by atoms with van der Waals surface area (Å²) in [6.07, 6.45) is 0.195. The Morgan fingerprint density at radius 2 is 2.67 bits per heavy atom. The molecule has 0 spiro atoms. The number of rotatable bonds is 0. The molecule has 1 aromatic heterocycles. The van der Waals surface area contributed by atoms with E-state index in [1.165, 1.54) is 6.07 Å². The van der Waals surface area contributed by atoms with Crippen LogP contribution in [0.1, 0.15) is 30.3 Å². The lowest BCUT2D eigenvalue weighted by atomic mass is 10.0. The van der Waals surface area contributed by atoms with E-state index in [2.05, 4.69) is 4.98 Å². The van der Waals surface area contributed by atoms with Crippen molar-refractivity contribution >= 4 is 5.97 Å². The van der Waals surface area contributed by atoms with Crippen LogP contribution in [0.25, 0.3) is 0 Å². The summed E-state index contributed by atoms with van der Waals surface area (Å²) in [6, 6.07) is 3.10. The van der Waals surface area contributed by atoms with Crippen molar-refractivity contribution in [2.24, 2.45) is 0 Å². The van der Waals surface area contributed by atoms with Crippen molar-refractivity contribution in [3.63, 3.8) is 0 Å².